The van der Waals surface area contributed by atoms with Crippen LogP contribution in [-0.4, -0.2) is 33.0 Å². The number of hydrogen-bond acceptors (Lipinski definition) is 6. The number of fused-ring (bicyclic) bond motifs is 1. The van der Waals surface area contributed by atoms with Crippen LogP contribution in [0, 0.1) is 5.82 Å². The molecule has 0 fully saturated rings. The molecule has 2 N–H and O–H groups in total. The Morgan fingerprint density at radius 2 is 1.90 bits per heavy atom. The molecule has 0 spiro atoms. The van der Waals surface area contributed by atoms with Crippen LogP contribution in [0.15, 0.2) is 59.8 Å². The Balaban J connectivity index is 1.83. The molecule has 0 saturated carbocycles. The molecule has 0 aliphatic carbocycles. The van der Waals surface area contributed by atoms with Gasteiger partial charge >= 0.3 is 0 Å². The SMILES string of the molecule is COc1cncc(-c2cc3cc[nH]c(=O)c3c(NC(=O)c3ccc(F)cc3)n2)n1. The first-order chi connectivity index (χ1) is 14.0. The Bertz CT molecular complexity index is 1270. The number of hydrogen-bond donors (Lipinski definition) is 2. The van der Waals surface area contributed by atoms with Gasteiger partial charge in [-0.05, 0) is 41.8 Å². The van der Waals surface area contributed by atoms with E-state index in [1.165, 1.54) is 50.0 Å². The van der Waals surface area contributed by atoms with Crippen LogP contribution in [0.5, 0.6) is 5.88 Å². The van der Waals surface area contributed by atoms with Gasteiger partial charge in [-0.3, -0.25) is 14.6 Å². The molecule has 4 rings (SSSR count). The monoisotopic (exact) mass is 391 g/mol. The van der Waals surface area contributed by atoms with Crippen LogP contribution in [-0.2, 0) is 0 Å². The fourth-order valence-electron chi connectivity index (χ4n) is 2.79. The Morgan fingerprint density at radius 1 is 1.10 bits per heavy atom. The summed E-state index contributed by atoms with van der Waals surface area (Å²) in [4.78, 5) is 40.3. The molecule has 3 heterocycles. The minimum absolute atomic E-state index is 0.0540. The van der Waals surface area contributed by atoms with Crippen LogP contribution in [0.25, 0.3) is 22.2 Å². The molecule has 3 aromatic heterocycles. The van der Waals surface area contributed by atoms with E-state index in [1.807, 2.05) is 0 Å². The van der Waals surface area contributed by atoms with Crippen molar-refractivity contribution in [2.45, 2.75) is 0 Å². The van der Waals surface area contributed by atoms with E-state index in [4.69, 9.17) is 4.74 Å². The van der Waals surface area contributed by atoms with Crippen LogP contribution in [0.3, 0.4) is 0 Å². The predicted molar refractivity (Wildman–Crippen MR) is 104 cm³/mol. The van der Waals surface area contributed by atoms with Gasteiger partial charge < -0.3 is 15.0 Å². The van der Waals surface area contributed by atoms with Gasteiger partial charge in [0.15, 0.2) is 0 Å². The van der Waals surface area contributed by atoms with E-state index >= 15 is 0 Å². The molecule has 144 valence electrons. The molecule has 1 amide bonds. The van der Waals surface area contributed by atoms with Crippen LogP contribution >= 0.6 is 0 Å². The summed E-state index contributed by atoms with van der Waals surface area (Å²) in [5, 5.41) is 3.39. The van der Waals surface area contributed by atoms with Crippen LogP contribution < -0.4 is 15.6 Å². The van der Waals surface area contributed by atoms with Gasteiger partial charge in [-0.1, -0.05) is 0 Å². The summed E-state index contributed by atoms with van der Waals surface area (Å²) in [7, 11) is 1.47. The number of benzene rings is 1. The predicted octanol–water partition coefficient (Wildman–Crippen LogP) is 2.78. The van der Waals surface area contributed by atoms with Gasteiger partial charge in [0.2, 0.25) is 5.88 Å². The van der Waals surface area contributed by atoms with E-state index in [9.17, 15) is 14.0 Å². The highest BCUT2D eigenvalue weighted by atomic mass is 19.1. The number of aromatic amines is 1. The number of aromatic nitrogens is 4. The smallest absolute Gasteiger partial charge is 0.259 e. The average molecular weight is 391 g/mol. The third-order valence-corrected chi connectivity index (χ3v) is 4.18. The van der Waals surface area contributed by atoms with Crippen molar-refractivity contribution in [3.8, 4) is 17.3 Å². The first-order valence-corrected chi connectivity index (χ1v) is 8.51. The van der Waals surface area contributed by atoms with E-state index in [-0.39, 0.29) is 16.8 Å². The van der Waals surface area contributed by atoms with E-state index in [1.54, 1.807) is 12.1 Å². The fourth-order valence-corrected chi connectivity index (χ4v) is 2.79. The molecule has 0 aliphatic heterocycles. The van der Waals surface area contributed by atoms with Crippen molar-refractivity contribution in [2.24, 2.45) is 0 Å². The third kappa shape index (κ3) is 3.65. The second-order valence-electron chi connectivity index (χ2n) is 6.03. The minimum Gasteiger partial charge on any atom is -0.480 e. The average Bonchev–Trinajstić information content (AvgIpc) is 2.74. The number of carbonyl (C=O) groups is 1. The molecular formula is C20H14FN5O3. The van der Waals surface area contributed by atoms with Crippen LogP contribution in [0.1, 0.15) is 10.4 Å². The number of amides is 1. The van der Waals surface area contributed by atoms with Crippen molar-refractivity contribution in [1.29, 1.82) is 0 Å². The molecule has 29 heavy (non-hydrogen) atoms. The van der Waals surface area contributed by atoms with E-state index in [2.05, 4.69) is 25.3 Å². The third-order valence-electron chi connectivity index (χ3n) is 4.18. The lowest BCUT2D eigenvalue weighted by Crippen LogP contribution is -2.17. The molecule has 1 aromatic carbocycles. The van der Waals surface area contributed by atoms with Crippen molar-refractivity contribution in [3.63, 3.8) is 0 Å². The maximum absolute atomic E-state index is 13.1. The lowest BCUT2D eigenvalue weighted by Gasteiger charge is -2.10. The van der Waals surface area contributed by atoms with Gasteiger partial charge in [-0.15, -0.1) is 0 Å². The molecule has 0 radical (unpaired) electrons. The Labute approximate surface area is 163 Å². The summed E-state index contributed by atoms with van der Waals surface area (Å²) in [6.07, 6.45) is 4.44. The highest BCUT2D eigenvalue weighted by Crippen LogP contribution is 2.25. The molecular weight excluding hydrogens is 377 g/mol. The highest BCUT2D eigenvalue weighted by Gasteiger charge is 2.15. The van der Waals surface area contributed by atoms with Crippen molar-refractivity contribution in [2.75, 3.05) is 12.4 Å². The Hall–Kier alpha value is -4.14. The lowest BCUT2D eigenvalue weighted by atomic mass is 10.1. The van der Waals surface area contributed by atoms with Gasteiger partial charge in [-0.25, -0.2) is 14.4 Å². The lowest BCUT2D eigenvalue weighted by molar-refractivity contribution is 0.102. The number of nitrogens with zero attached hydrogens (tertiary/aromatic N) is 3. The van der Waals surface area contributed by atoms with E-state index in [0.29, 0.717) is 22.7 Å². The zero-order valence-corrected chi connectivity index (χ0v) is 15.1. The summed E-state index contributed by atoms with van der Waals surface area (Å²) in [6, 6.07) is 8.39. The number of methoxy groups -OCH3 is 1. The Morgan fingerprint density at radius 3 is 2.66 bits per heavy atom. The summed E-state index contributed by atoms with van der Waals surface area (Å²) < 4.78 is 18.2. The summed E-state index contributed by atoms with van der Waals surface area (Å²) >= 11 is 0. The number of carbonyl (C=O) groups excluding carboxylic acids is 1. The number of pyridine rings is 2. The van der Waals surface area contributed by atoms with E-state index < -0.39 is 17.3 Å². The quantitative estimate of drug-likeness (QED) is 0.554. The first-order valence-electron chi connectivity index (χ1n) is 8.51. The van der Waals surface area contributed by atoms with Gasteiger partial charge in [0.05, 0.1) is 30.6 Å². The number of ether oxygens (including phenoxy) is 1. The molecule has 8 nitrogen and oxygen atoms in total. The van der Waals surface area contributed by atoms with Crippen LogP contribution in [0.2, 0.25) is 0 Å². The number of halogens is 1. The molecule has 0 saturated heterocycles. The summed E-state index contributed by atoms with van der Waals surface area (Å²) in [5.74, 6) is -0.637. The van der Waals surface area contributed by atoms with Crippen molar-refractivity contribution >= 4 is 22.5 Å². The molecule has 0 aliphatic rings. The standard InChI is InChI=1S/C20H14FN5O3/c1-29-16-10-22-9-15(24-16)14-8-12-6-7-23-20(28)17(12)18(25-14)26-19(27)11-2-4-13(21)5-3-11/h2-10H,1H3,(H,23,28)(H,25,26,27). The second-order valence-corrected chi connectivity index (χ2v) is 6.03. The molecule has 0 atom stereocenters. The van der Waals surface area contributed by atoms with Crippen molar-refractivity contribution < 1.29 is 13.9 Å². The van der Waals surface area contributed by atoms with Gasteiger partial charge in [0, 0.05) is 11.8 Å². The second kappa shape index (κ2) is 7.47. The van der Waals surface area contributed by atoms with E-state index in [0.717, 1.165) is 0 Å². The van der Waals surface area contributed by atoms with Crippen molar-refractivity contribution in [3.05, 3.63) is 76.7 Å². The van der Waals surface area contributed by atoms with Gasteiger partial charge in [0.1, 0.15) is 17.3 Å². The zero-order valence-electron chi connectivity index (χ0n) is 15.1. The minimum atomic E-state index is -0.532. The molecule has 0 bridgehead atoms. The summed E-state index contributed by atoms with van der Waals surface area (Å²) in [5.41, 5.74) is 0.612. The van der Waals surface area contributed by atoms with Gasteiger partial charge in [-0.2, -0.15) is 0 Å². The highest BCUT2D eigenvalue weighted by molar-refractivity contribution is 6.08. The molecule has 4 aromatic rings. The largest absolute Gasteiger partial charge is 0.480 e. The van der Waals surface area contributed by atoms with Crippen molar-refractivity contribution in [1.82, 2.24) is 19.9 Å². The maximum Gasteiger partial charge on any atom is 0.259 e. The number of H-pyrrole nitrogens is 1. The van der Waals surface area contributed by atoms with Crippen LogP contribution in [0.4, 0.5) is 10.2 Å². The van der Waals surface area contributed by atoms with Gasteiger partial charge in [0.25, 0.3) is 11.5 Å². The Kier molecular flexibility index (Phi) is 4.70. The first kappa shape index (κ1) is 18.2. The zero-order chi connectivity index (χ0) is 20.4. The topological polar surface area (TPSA) is 110 Å². The fraction of sp³-hybridized carbons (Fsp3) is 0.0500. The molecule has 0 unspecified atom stereocenters. The maximum atomic E-state index is 13.1. The molecule has 9 heteroatoms. The number of rotatable bonds is 4. The summed E-state index contributed by atoms with van der Waals surface area (Å²) in [6.45, 7) is 0. The number of nitrogens with one attached hydrogen (secondary N) is 2. The number of anilines is 1. The normalized spacial score (nSPS) is 10.7.